The summed E-state index contributed by atoms with van der Waals surface area (Å²) >= 11 is 0. The molecule has 0 atom stereocenters. The smallest absolute Gasteiger partial charge is 0.188 e. The highest BCUT2D eigenvalue weighted by Gasteiger charge is 1.99. The van der Waals surface area contributed by atoms with E-state index in [9.17, 15) is 4.39 Å². The van der Waals surface area contributed by atoms with Crippen molar-refractivity contribution in [3.63, 3.8) is 0 Å². The number of nitrogens with zero attached hydrogens (tertiary/aromatic N) is 1. The minimum atomic E-state index is -0.210. The minimum absolute atomic E-state index is 0.210. The first-order valence-corrected chi connectivity index (χ1v) is 6.98. The molecule has 2 aromatic rings. The van der Waals surface area contributed by atoms with Crippen LogP contribution in [0.5, 0.6) is 0 Å². The highest BCUT2D eigenvalue weighted by molar-refractivity contribution is 5.77. The summed E-state index contributed by atoms with van der Waals surface area (Å²) in [5.74, 6) is 0.172. The number of rotatable bonds is 5. The van der Waals surface area contributed by atoms with Crippen LogP contribution in [0.15, 0.2) is 53.5 Å². The molecule has 0 spiro atoms. The molecular formula is C17H20FN3. The van der Waals surface area contributed by atoms with Crippen LogP contribution in [0.4, 0.5) is 4.39 Å². The third-order valence-corrected chi connectivity index (χ3v) is 3.23. The zero-order valence-corrected chi connectivity index (χ0v) is 12.1. The van der Waals surface area contributed by atoms with Gasteiger partial charge in [0.05, 0.1) is 6.54 Å². The summed E-state index contributed by atoms with van der Waals surface area (Å²) in [4.78, 5) is 4.21. The van der Waals surface area contributed by atoms with Gasteiger partial charge in [0.1, 0.15) is 5.82 Å². The summed E-state index contributed by atoms with van der Waals surface area (Å²) in [5, 5.41) is 3.06. The maximum absolute atomic E-state index is 13.4. The van der Waals surface area contributed by atoms with Crippen LogP contribution in [0.2, 0.25) is 0 Å². The highest BCUT2D eigenvalue weighted by Crippen LogP contribution is 2.09. The van der Waals surface area contributed by atoms with Gasteiger partial charge in [0.15, 0.2) is 5.96 Å². The third kappa shape index (κ3) is 4.91. The lowest BCUT2D eigenvalue weighted by atomic mass is 10.1. The first-order valence-electron chi connectivity index (χ1n) is 6.98. The van der Waals surface area contributed by atoms with Crippen molar-refractivity contribution in [3.05, 3.63) is 71.0 Å². The van der Waals surface area contributed by atoms with Gasteiger partial charge in [0.25, 0.3) is 0 Å². The Morgan fingerprint density at radius 3 is 2.62 bits per heavy atom. The van der Waals surface area contributed by atoms with Crippen molar-refractivity contribution in [2.75, 3.05) is 6.54 Å². The number of aliphatic imine (C=N–C) groups is 1. The second-order valence-corrected chi connectivity index (χ2v) is 4.95. The van der Waals surface area contributed by atoms with Crippen molar-refractivity contribution in [2.45, 2.75) is 19.9 Å². The van der Waals surface area contributed by atoms with Gasteiger partial charge in [-0.1, -0.05) is 42.5 Å². The van der Waals surface area contributed by atoms with Crippen molar-refractivity contribution in [3.8, 4) is 0 Å². The number of hydrogen-bond donors (Lipinski definition) is 2. The molecule has 3 nitrogen and oxygen atoms in total. The fourth-order valence-corrected chi connectivity index (χ4v) is 1.95. The lowest BCUT2D eigenvalue weighted by Crippen LogP contribution is -2.33. The largest absolute Gasteiger partial charge is 0.370 e. The average molecular weight is 285 g/mol. The van der Waals surface area contributed by atoms with Crippen molar-refractivity contribution < 1.29 is 4.39 Å². The lowest BCUT2D eigenvalue weighted by Gasteiger charge is -2.06. The second-order valence-electron chi connectivity index (χ2n) is 4.95. The Morgan fingerprint density at radius 1 is 1.14 bits per heavy atom. The summed E-state index contributed by atoms with van der Waals surface area (Å²) in [7, 11) is 0. The standard InChI is InChI=1S/C17H20FN3/c1-13-7-8-15(11-16(13)18)12-21-17(19)20-10-9-14-5-3-2-4-6-14/h2-8,11H,9-10,12H2,1H3,(H3,19,20,21). The molecule has 0 fully saturated rings. The number of guanidine groups is 1. The highest BCUT2D eigenvalue weighted by atomic mass is 19.1. The van der Waals surface area contributed by atoms with Crippen LogP contribution in [0.25, 0.3) is 0 Å². The first kappa shape index (κ1) is 15.0. The number of nitrogens with one attached hydrogen (secondary N) is 1. The van der Waals surface area contributed by atoms with Gasteiger partial charge in [0, 0.05) is 6.54 Å². The van der Waals surface area contributed by atoms with E-state index in [2.05, 4.69) is 22.4 Å². The Balaban J connectivity index is 1.80. The minimum Gasteiger partial charge on any atom is -0.370 e. The van der Waals surface area contributed by atoms with Crippen molar-refractivity contribution in [1.82, 2.24) is 5.32 Å². The quantitative estimate of drug-likeness (QED) is 0.655. The third-order valence-electron chi connectivity index (χ3n) is 3.23. The van der Waals surface area contributed by atoms with E-state index in [0.717, 1.165) is 18.5 Å². The average Bonchev–Trinajstić information content (AvgIpc) is 2.49. The van der Waals surface area contributed by atoms with Gasteiger partial charge in [-0.15, -0.1) is 0 Å². The molecule has 0 aliphatic rings. The normalized spacial score (nSPS) is 11.4. The van der Waals surface area contributed by atoms with E-state index in [0.29, 0.717) is 18.1 Å². The molecule has 0 radical (unpaired) electrons. The first-order chi connectivity index (χ1) is 10.1. The zero-order chi connectivity index (χ0) is 15.1. The van der Waals surface area contributed by atoms with Gasteiger partial charge < -0.3 is 11.1 Å². The molecule has 0 heterocycles. The predicted octanol–water partition coefficient (Wildman–Crippen LogP) is 2.78. The van der Waals surface area contributed by atoms with E-state index in [4.69, 9.17) is 5.73 Å². The molecule has 0 saturated carbocycles. The number of nitrogens with two attached hydrogens (primary N) is 1. The Labute approximate surface area is 124 Å². The van der Waals surface area contributed by atoms with Crippen LogP contribution in [-0.2, 0) is 13.0 Å². The fraction of sp³-hybridized carbons (Fsp3) is 0.235. The molecule has 21 heavy (non-hydrogen) atoms. The van der Waals surface area contributed by atoms with Crippen LogP contribution in [0.3, 0.4) is 0 Å². The molecule has 0 saturated heterocycles. The Hall–Kier alpha value is -2.36. The van der Waals surface area contributed by atoms with E-state index >= 15 is 0 Å². The molecular weight excluding hydrogens is 265 g/mol. The molecule has 2 rings (SSSR count). The summed E-state index contributed by atoms with van der Waals surface area (Å²) in [6.45, 7) is 2.84. The van der Waals surface area contributed by atoms with Gasteiger partial charge in [0.2, 0.25) is 0 Å². The molecule has 0 aromatic heterocycles. The molecule has 110 valence electrons. The molecule has 0 bridgehead atoms. The van der Waals surface area contributed by atoms with Crippen LogP contribution in [-0.4, -0.2) is 12.5 Å². The molecule has 0 unspecified atom stereocenters. The van der Waals surface area contributed by atoms with E-state index in [1.54, 1.807) is 13.0 Å². The predicted molar refractivity (Wildman–Crippen MR) is 84.6 cm³/mol. The van der Waals surface area contributed by atoms with Crippen LogP contribution < -0.4 is 11.1 Å². The zero-order valence-electron chi connectivity index (χ0n) is 12.1. The number of hydrogen-bond acceptors (Lipinski definition) is 1. The fourth-order valence-electron chi connectivity index (χ4n) is 1.95. The summed E-state index contributed by atoms with van der Waals surface area (Å²) in [5.41, 5.74) is 8.49. The van der Waals surface area contributed by atoms with Crippen molar-refractivity contribution in [1.29, 1.82) is 0 Å². The second kappa shape index (κ2) is 7.43. The maximum atomic E-state index is 13.4. The monoisotopic (exact) mass is 285 g/mol. The van der Waals surface area contributed by atoms with E-state index < -0.39 is 0 Å². The van der Waals surface area contributed by atoms with Gasteiger partial charge in [-0.2, -0.15) is 0 Å². The van der Waals surface area contributed by atoms with Gasteiger partial charge >= 0.3 is 0 Å². The molecule has 2 aromatic carbocycles. The molecule has 0 aliphatic carbocycles. The van der Waals surface area contributed by atoms with E-state index in [1.807, 2.05) is 24.3 Å². The molecule has 0 amide bonds. The molecule has 3 N–H and O–H groups in total. The van der Waals surface area contributed by atoms with Crippen LogP contribution >= 0.6 is 0 Å². The number of aryl methyl sites for hydroxylation is 1. The van der Waals surface area contributed by atoms with Crippen LogP contribution in [0, 0.1) is 12.7 Å². The molecule has 0 aliphatic heterocycles. The van der Waals surface area contributed by atoms with Gasteiger partial charge in [-0.05, 0) is 36.1 Å². The van der Waals surface area contributed by atoms with Gasteiger partial charge in [-0.25, -0.2) is 9.38 Å². The summed E-state index contributed by atoms with van der Waals surface area (Å²) < 4.78 is 13.4. The Morgan fingerprint density at radius 2 is 1.90 bits per heavy atom. The SMILES string of the molecule is Cc1ccc(CN=C(N)NCCc2ccccc2)cc1F. The lowest BCUT2D eigenvalue weighted by molar-refractivity contribution is 0.616. The topological polar surface area (TPSA) is 50.4 Å². The van der Waals surface area contributed by atoms with E-state index in [-0.39, 0.29) is 5.82 Å². The van der Waals surface area contributed by atoms with Crippen molar-refractivity contribution >= 4 is 5.96 Å². The van der Waals surface area contributed by atoms with Crippen molar-refractivity contribution in [2.24, 2.45) is 10.7 Å². The number of halogens is 1. The van der Waals surface area contributed by atoms with E-state index in [1.165, 1.54) is 11.6 Å². The Kier molecular flexibility index (Phi) is 5.32. The summed E-state index contributed by atoms with van der Waals surface area (Å²) in [6.07, 6.45) is 0.885. The summed E-state index contributed by atoms with van der Waals surface area (Å²) in [6, 6.07) is 15.3. The van der Waals surface area contributed by atoms with Gasteiger partial charge in [-0.3, -0.25) is 0 Å². The number of benzene rings is 2. The Bertz CT molecular complexity index is 609. The van der Waals surface area contributed by atoms with Crippen LogP contribution in [0.1, 0.15) is 16.7 Å². The maximum Gasteiger partial charge on any atom is 0.188 e. The molecule has 4 heteroatoms.